The van der Waals surface area contributed by atoms with E-state index >= 15 is 0 Å². The van der Waals surface area contributed by atoms with Crippen molar-refractivity contribution in [2.45, 2.75) is 26.2 Å². The Hall–Kier alpha value is -0.770. The smallest absolute Gasteiger partial charge is 0.238 e. The van der Waals surface area contributed by atoms with Crippen LogP contribution in [-0.2, 0) is 4.79 Å². The molecule has 106 valence electrons. The fraction of sp³-hybridized carbons (Fsp3) is 0.500. The van der Waals surface area contributed by atoms with Gasteiger partial charge in [0.15, 0.2) is 0 Å². The zero-order chi connectivity index (χ0) is 14.3. The van der Waals surface area contributed by atoms with Gasteiger partial charge >= 0.3 is 0 Å². The number of unbranched alkanes of at least 4 members (excludes halogenated alkanes) is 2. The highest BCUT2D eigenvalue weighted by atomic mass is 35.5. The average Bonchev–Trinajstić information content (AvgIpc) is 2.34. The number of nitrogens with one attached hydrogen (secondary N) is 1. The molecule has 1 N–H and O–H groups in total. The Bertz CT molecular complexity index is 424. The Kier molecular flexibility index (Phi) is 7.21. The predicted molar refractivity (Wildman–Crippen MR) is 82.1 cm³/mol. The van der Waals surface area contributed by atoms with Crippen LogP contribution < -0.4 is 5.32 Å². The summed E-state index contributed by atoms with van der Waals surface area (Å²) in [5, 5.41) is 3.82. The molecule has 0 aliphatic carbocycles. The molecule has 0 unspecified atom stereocenters. The number of amides is 1. The number of likely N-dealkylation sites (N-methyl/N-ethyl adjacent to an activating group) is 1. The standard InChI is InChI=1S/C14H20Cl2N2O/c1-3-4-5-8-18(2)10-14(19)17-13-9-11(15)6-7-12(13)16/h6-7,9H,3-5,8,10H2,1-2H3,(H,17,19). The zero-order valence-electron chi connectivity index (χ0n) is 11.4. The monoisotopic (exact) mass is 302 g/mol. The molecule has 5 heteroatoms. The van der Waals surface area contributed by atoms with Gasteiger partial charge < -0.3 is 5.32 Å². The maximum atomic E-state index is 11.9. The molecule has 1 amide bonds. The maximum Gasteiger partial charge on any atom is 0.238 e. The van der Waals surface area contributed by atoms with Crippen LogP contribution in [0.15, 0.2) is 18.2 Å². The Morgan fingerprint density at radius 2 is 2.05 bits per heavy atom. The molecular formula is C14H20Cl2N2O. The van der Waals surface area contributed by atoms with Crippen LogP contribution in [0.3, 0.4) is 0 Å². The van der Waals surface area contributed by atoms with Crippen molar-refractivity contribution in [3.05, 3.63) is 28.2 Å². The molecule has 1 aromatic carbocycles. The minimum atomic E-state index is -0.0804. The molecule has 0 aromatic heterocycles. The average molecular weight is 303 g/mol. The second-order valence-electron chi connectivity index (χ2n) is 4.62. The van der Waals surface area contributed by atoms with Crippen LogP contribution in [-0.4, -0.2) is 30.9 Å². The van der Waals surface area contributed by atoms with E-state index in [-0.39, 0.29) is 5.91 Å². The van der Waals surface area contributed by atoms with Crippen LogP contribution in [0.2, 0.25) is 10.0 Å². The quantitative estimate of drug-likeness (QED) is 0.771. The van der Waals surface area contributed by atoms with Gasteiger partial charge in [-0.3, -0.25) is 9.69 Å². The maximum absolute atomic E-state index is 11.9. The fourth-order valence-electron chi connectivity index (χ4n) is 1.74. The van der Waals surface area contributed by atoms with Crippen molar-refractivity contribution >= 4 is 34.8 Å². The third-order valence-electron chi connectivity index (χ3n) is 2.76. The number of rotatable bonds is 7. The van der Waals surface area contributed by atoms with E-state index in [2.05, 4.69) is 12.2 Å². The number of hydrogen-bond acceptors (Lipinski definition) is 2. The molecule has 1 aromatic rings. The van der Waals surface area contributed by atoms with Crippen LogP contribution in [0.4, 0.5) is 5.69 Å². The molecule has 0 heterocycles. The summed E-state index contributed by atoms with van der Waals surface area (Å²) in [6.07, 6.45) is 3.47. The lowest BCUT2D eigenvalue weighted by Gasteiger charge is -2.16. The van der Waals surface area contributed by atoms with Crippen molar-refractivity contribution in [3.8, 4) is 0 Å². The summed E-state index contributed by atoms with van der Waals surface area (Å²) in [4.78, 5) is 13.9. The lowest BCUT2D eigenvalue weighted by atomic mass is 10.2. The van der Waals surface area contributed by atoms with E-state index in [1.54, 1.807) is 18.2 Å². The van der Waals surface area contributed by atoms with Gasteiger partial charge in [-0.15, -0.1) is 0 Å². The van der Waals surface area contributed by atoms with Gasteiger partial charge in [-0.25, -0.2) is 0 Å². The van der Waals surface area contributed by atoms with Crippen molar-refractivity contribution in [1.29, 1.82) is 0 Å². The Labute approximate surface area is 124 Å². The van der Waals surface area contributed by atoms with E-state index in [1.807, 2.05) is 11.9 Å². The minimum Gasteiger partial charge on any atom is -0.324 e. The summed E-state index contributed by atoms with van der Waals surface area (Å²) >= 11 is 11.9. The first-order chi connectivity index (χ1) is 9.02. The van der Waals surface area contributed by atoms with Crippen molar-refractivity contribution in [2.24, 2.45) is 0 Å². The van der Waals surface area contributed by atoms with Gasteiger partial charge in [-0.1, -0.05) is 43.0 Å². The van der Waals surface area contributed by atoms with E-state index < -0.39 is 0 Å². The minimum absolute atomic E-state index is 0.0804. The van der Waals surface area contributed by atoms with E-state index in [1.165, 1.54) is 12.8 Å². The van der Waals surface area contributed by atoms with Crippen molar-refractivity contribution < 1.29 is 4.79 Å². The molecule has 0 radical (unpaired) electrons. The summed E-state index contributed by atoms with van der Waals surface area (Å²) in [7, 11) is 1.94. The number of anilines is 1. The number of carbonyl (C=O) groups is 1. The highest BCUT2D eigenvalue weighted by molar-refractivity contribution is 6.35. The van der Waals surface area contributed by atoms with E-state index in [4.69, 9.17) is 23.2 Å². The highest BCUT2D eigenvalue weighted by Crippen LogP contribution is 2.25. The molecule has 1 rings (SSSR count). The van der Waals surface area contributed by atoms with Gasteiger partial charge in [0.1, 0.15) is 0 Å². The topological polar surface area (TPSA) is 32.3 Å². The van der Waals surface area contributed by atoms with E-state index in [0.717, 1.165) is 13.0 Å². The largest absolute Gasteiger partial charge is 0.324 e. The molecule has 0 aliphatic heterocycles. The van der Waals surface area contributed by atoms with E-state index in [0.29, 0.717) is 22.3 Å². The SMILES string of the molecule is CCCCCN(C)CC(=O)Nc1cc(Cl)ccc1Cl. The van der Waals surface area contributed by atoms with Crippen molar-refractivity contribution in [1.82, 2.24) is 4.90 Å². The highest BCUT2D eigenvalue weighted by Gasteiger charge is 2.09. The molecule has 0 atom stereocenters. The number of benzene rings is 1. The van der Waals surface area contributed by atoms with Gasteiger partial charge in [-0.05, 0) is 38.2 Å². The Balaban J connectivity index is 2.44. The van der Waals surface area contributed by atoms with Crippen LogP contribution in [0.1, 0.15) is 26.2 Å². The lowest BCUT2D eigenvalue weighted by molar-refractivity contribution is -0.117. The predicted octanol–water partition coefficient (Wildman–Crippen LogP) is 4.05. The third-order valence-corrected chi connectivity index (χ3v) is 3.32. The Morgan fingerprint density at radius 3 is 2.74 bits per heavy atom. The fourth-order valence-corrected chi connectivity index (χ4v) is 2.08. The molecule has 0 fully saturated rings. The first-order valence-corrected chi connectivity index (χ1v) is 7.22. The Morgan fingerprint density at radius 1 is 1.32 bits per heavy atom. The summed E-state index contributed by atoms with van der Waals surface area (Å²) in [6.45, 7) is 3.44. The summed E-state index contributed by atoms with van der Waals surface area (Å²) in [6, 6.07) is 5.01. The lowest BCUT2D eigenvalue weighted by Crippen LogP contribution is -2.31. The van der Waals surface area contributed by atoms with Crippen molar-refractivity contribution in [2.75, 3.05) is 25.5 Å². The number of halogens is 2. The molecular weight excluding hydrogens is 283 g/mol. The number of nitrogens with zero attached hydrogens (tertiary/aromatic N) is 1. The molecule has 0 saturated carbocycles. The summed E-state index contributed by atoms with van der Waals surface area (Å²) in [5.74, 6) is -0.0804. The van der Waals surface area contributed by atoms with Crippen LogP contribution in [0, 0.1) is 0 Å². The first kappa shape index (κ1) is 16.3. The van der Waals surface area contributed by atoms with Gasteiger partial charge in [0.05, 0.1) is 17.3 Å². The first-order valence-electron chi connectivity index (χ1n) is 6.46. The molecule has 0 bridgehead atoms. The van der Waals surface area contributed by atoms with E-state index in [9.17, 15) is 4.79 Å². The second kappa shape index (κ2) is 8.41. The molecule has 0 spiro atoms. The zero-order valence-corrected chi connectivity index (χ0v) is 12.9. The number of hydrogen-bond donors (Lipinski definition) is 1. The van der Waals surface area contributed by atoms with Gasteiger partial charge in [0, 0.05) is 5.02 Å². The summed E-state index contributed by atoms with van der Waals surface area (Å²) in [5.41, 5.74) is 0.557. The molecule has 0 saturated heterocycles. The van der Waals surface area contributed by atoms with Crippen LogP contribution >= 0.6 is 23.2 Å². The third kappa shape index (κ3) is 6.28. The molecule has 3 nitrogen and oxygen atoms in total. The second-order valence-corrected chi connectivity index (χ2v) is 5.46. The number of carbonyl (C=O) groups excluding carboxylic acids is 1. The summed E-state index contributed by atoms with van der Waals surface area (Å²) < 4.78 is 0. The van der Waals surface area contributed by atoms with Gasteiger partial charge in [0.2, 0.25) is 5.91 Å². The van der Waals surface area contributed by atoms with Gasteiger partial charge in [0.25, 0.3) is 0 Å². The van der Waals surface area contributed by atoms with Crippen LogP contribution in [0.25, 0.3) is 0 Å². The van der Waals surface area contributed by atoms with Crippen LogP contribution in [0.5, 0.6) is 0 Å². The normalized spacial score (nSPS) is 10.8. The van der Waals surface area contributed by atoms with Crippen molar-refractivity contribution in [3.63, 3.8) is 0 Å². The molecule has 0 aliphatic rings. The van der Waals surface area contributed by atoms with Gasteiger partial charge in [-0.2, -0.15) is 0 Å². The molecule has 19 heavy (non-hydrogen) atoms.